The van der Waals surface area contributed by atoms with Crippen LogP contribution in [0.25, 0.3) is 11.4 Å². The Bertz CT molecular complexity index is 850. The monoisotopic (exact) mass is 340 g/mol. The van der Waals surface area contributed by atoms with Gasteiger partial charge in [-0.3, -0.25) is 0 Å². The van der Waals surface area contributed by atoms with Crippen molar-refractivity contribution in [3.05, 3.63) is 41.7 Å². The van der Waals surface area contributed by atoms with Crippen molar-refractivity contribution in [2.45, 2.75) is 13.3 Å². The molecule has 0 aromatic carbocycles. The van der Waals surface area contributed by atoms with E-state index in [4.69, 9.17) is 9.05 Å². The first-order chi connectivity index (χ1) is 12.2. The molecule has 4 rings (SSSR count). The predicted molar refractivity (Wildman–Crippen MR) is 91.3 cm³/mol. The Hall–Kier alpha value is -2.74. The molecule has 0 aliphatic carbocycles. The van der Waals surface area contributed by atoms with E-state index in [0.717, 1.165) is 49.0 Å². The van der Waals surface area contributed by atoms with Crippen molar-refractivity contribution in [3.8, 4) is 11.4 Å². The lowest BCUT2D eigenvalue weighted by Gasteiger charge is -2.33. The molecule has 0 unspecified atom stereocenters. The van der Waals surface area contributed by atoms with E-state index in [2.05, 4.69) is 37.1 Å². The van der Waals surface area contributed by atoms with Crippen molar-refractivity contribution in [1.82, 2.24) is 25.2 Å². The zero-order valence-corrected chi connectivity index (χ0v) is 14.3. The number of aromatic nitrogens is 4. The molecule has 8 heteroatoms. The first-order valence-electron chi connectivity index (χ1n) is 8.32. The maximum atomic E-state index is 5.35. The number of hydrogen-bond donors (Lipinski definition) is 0. The largest absolute Gasteiger partial charge is 0.361 e. The van der Waals surface area contributed by atoms with Gasteiger partial charge in [-0.05, 0) is 26.1 Å². The van der Waals surface area contributed by atoms with Crippen LogP contribution in [0, 0.1) is 6.92 Å². The topological polar surface area (TPSA) is 84.3 Å². The number of likely N-dealkylation sites (N-methyl/N-ethyl adjacent to an activating group) is 1. The fourth-order valence-corrected chi connectivity index (χ4v) is 2.87. The zero-order chi connectivity index (χ0) is 17.2. The minimum absolute atomic E-state index is 0.459. The molecule has 1 saturated heterocycles. The molecule has 4 heterocycles. The molecular formula is C17H20N6O2. The van der Waals surface area contributed by atoms with Gasteiger partial charge in [-0.25, -0.2) is 4.98 Å². The van der Waals surface area contributed by atoms with Crippen LogP contribution in [-0.4, -0.2) is 58.4 Å². The van der Waals surface area contributed by atoms with Gasteiger partial charge in [0.2, 0.25) is 11.7 Å². The minimum Gasteiger partial charge on any atom is -0.361 e. The number of nitrogens with zero attached hydrogens (tertiary/aromatic N) is 6. The lowest BCUT2D eigenvalue weighted by atomic mass is 10.2. The average molecular weight is 340 g/mol. The Kier molecular flexibility index (Phi) is 4.19. The summed E-state index contributed by atoms with van der Waals surface area (Å²) in [7, 11) is 2.14. The molecule has 130 valence electrons. The van der Waals surface area contributed by atoms with E-state index in [1.54, 1.807) is 6.20 Å². The van der Waals surface area contributed by atoms with Gasteiger partial charge in [0.15, 0.2) is 0 Å². The lowest BCUT2D eigenvalue weighted by molar-refractivity contribution is 0.312. The van der Waals surface area contributed by atoms with Crippen LogP contribution in [0.3, 0.4) is 0 Å². The minimum atomic E-state index is 0.459. The molecule has 0 radical (unpaired) electrons. The fourth-order valence-electron chi connectivity index (χ4n) is 2.87. The van der Waals surface area contributed by atoms with E-state index in [-0.39, 0.29) is 0 Å². The summed E-state index contributed by atoms with van der Waals surface area (Å²) in [6.45, 7) is 5.86. The van der Waals surface area contributed by atoms with E-state index in [0.29, 0.717) is 18.1 Å². The Morgan fingerprint density at radius 1 is 1.08 bits per heavy atom. The third-order valence-electron chi connectivity index (χ3n) is 4.31. The number of anilines is 1. The summed E-state index contributed by atoms with van der Waals surface area (Å²) in [5, 5.41) is 8.04. The third kappa shape index (κ3) is 3.53. The van der Waals surface area contributed by atoms with Crippen LogP contribution in [0.1, 0.15) is 17.3 Å². The van der Waals surface area contributed by atoms with Gasteiger partial charge in [0, 0.05) is 44.0 Å². The van der Waals surface area contributed by atoms with E-state index in [9.17, 15) is 0 Å². The Balaban J connectivity index is 1.51. The number of pyridine rings is 1. The van der Waals surface area contributed by atoms with Crippen molar-refractivity contribution < 1.29 is 9.05 Å². The first-order valence-corrected chi connectivity index (χ1v) is 8.32. The number of aryl methyl sites for hydroxylation is 1. The Morgan fingerprint density at radius 2 is 1.92 bits per heavy atom. The molecule has 1 fully saturated rings. The second kappa shape index (κ2) is 6.64. The van der Waals surface area contributed by atoms with Crippen LogP contribution >= 0.6 is 0 Å². The molecule has 1 aliphatic heterocycles. The Morgan fingerprint density at radius 3 is 2.68 bits per heavy atom. The van der Waals surface area contributed by atoms with Crippen LogP contribution in [0.4, 0.5) is 5.82 Å². The highest BCUT2D eigenvalue weighted by Crippen LogP contribution is 2.22. The molecule has 1 aliphatic rings. The number of piperazine rings is 1. The predicted octanol–water partition coefficient (Wildman–Crippen LogP) is 1.77. The van der Waals surface area contributed by atoms with Gasteiger partial charge in [-0.1, -0.05) is 10.3 Å². The second-order valence-electron chi connectivity index (χ2n) is 6.31. The maximum Gasteiger partial charge on any atom is 0.233 e. The van der Waals surface area contributed by atoms with Crippen LogP contribution in [0.5, 0.6) is 0 Å². The molecule has 25 heavy (non-hydrogen) atoms. The highest BCUT2D eigenvalue weighted by atomic mass is 16.5. The Labute approximate surface area is 145 Å². The van der Waals surface area contributed by atoms with Crippen molar-refractivity contribution in [1.29, 1.82) is 0 Å². The van der Waals surface area contributed by atoms with Gasteiger partial charge >= 0.3 is 0 Å². The van der Waals surface area contributed by atoms with Crippen molar-refractivity contribution in [2.24, 2.45) is 0 Å². The molecule has 0 saturated carbocycles. The standard InChI is InChI=1S/C17H20N6O2/c1-12-9-14(20-24-12)11-16-19-17(21-25-16)13-3-4-18-15(10-13)23-7-5-22(2)6-8-23/h3-4,9-10H,5-8,11H2,1-2H3. The molecule has 0 atom stereocenters. The van der Waals surface area contributed by atoms with E-state index in [1.807, 2.05) is 25.1 Å². The summed E-state index contributed by atoms with van der Waals surface area (Å²) >= 11 is 0. The molecular weight excluding hydrogens is 320 g/mol. The summed E-state index contributed by atoms with van der Waals surface area (Å²) in [5.74, 6) is 2.79. The first kappa shape index (κ1) is 15.8. The van der Waals surface area contributed by atoms with Crippen LogP contribution in [0.15, 0.2) is 33.4 Å². The fraction of sp³-hybridized carbons (Fsp3) is 0.412. The summed E-state index contributed by atoms with van der Waals surface area (Å²) in [4.78, 5) is 13.6. The molecule has 0 spiro atoms. The van der Waals surface area contributed by atoms with Gasteiger partial charge in [0.1, 0.15) is 11.6 Å². The highest BCUT2D eigenvalue weighted by molar-refractivity contribution is 5.59. The summed E-state index contributed by atoms with van der Waals surface area (Å²) in [6, 6.07) is 5.77. The normalized spacial score (nSPS) is 15.7. The van der Waals surface area contributed by atoms with Crippen LogP contribution < -0.4 is 4.90 Å². The van der Waals surface area contributed by atoms with Crippen molar-refractivity contribution >= 4 is 5.82 Å². The highest BCUT2D eigenvalue weighted by Gasteiger charge is 2.17. The van der Waals surface area contributed by atoms with E-state index in [1.165, 1.54) is 0 Å². The molecule has 0 bridgehead atoms. The van der Waals surface area contributed by atoms with Gasteiger partial charge in [0.25, 0.3) is 0 Å². The van der Waals surface area contributed by atoms with Crippen LogP contribution in [0.2, 0.25) is 0 Å². The quantitative estimate of drug-likeness (QED) is 0.710. The molecule has 8 nitrogen and oxygen atoms in total. The van der Waals surface area contributed by atoms with Gasteiger partial charge in [0.05, 0.1) is 12.1 Å². The summed E-state index contributed by atoms with van der Waals surface area (Å²) < 4.78 is 10.4. The SMILES string of the molecule is Cc1cc(Cc2nc(-c3ccnc(N4CCN(C)CC4)c3)no2)no1. The van der Waals surface area contributed by atoms with Gasteiger partial charge < -0.3 is 18.8 Å². The van der Waals surface area contributed by atoms with Gasteiger partial charge in [-0.15, -0.1) is 0 Å². The van der Waals surface area contributed by atoms with Crippen molar-refractivity contribution in [3.63, 3.8) is 0 Å². The molecule has 3 aromatic heterocycles. The maximum absolute atomic E-state index is 5.35. The van der Waals surface area contributed by atoms with E-state index < -0.39 is 0 Å². The average Bonchev–Trinajstić information content (AvgIpc) is 3.25. The summed E-state index contributed by atoms with van der Waals surface area (Å²) in [5.41, 5.74) is 1.68. The van der Waals surface area contributed by atoms with E-state index >= 15 is 0 Å². The van der Waals surface area contributed by atoms with Gasteiger partial charge in [-0.2, -0.15) is 4.98 Å². The number of rotatable bonds is 4. The second-order valence-corrected chi connectivity index (χ2v) is 6.31. The third-order valence-corrected chi connectivity index (χ3v) is 4.31. The molecule has 3 aromatic rings. The summed E-state index contributed by atoms with van der Waals surface area (Å²) in [6.07, 6.45) is 2.25. The molecule has 0 N–H and O–H groups in total. The smallest absolute Gasteiger partial charge is 0.233 e. The van der Waals surface area contributed by atoms with Crippen LogP contribution in [-0.2, 0) is 6.42 Å². The zero-order valence-electron chi connectivity index (χ0n) is 14.3. The van der Waals surface area contributed by atoms with Crippen molar-refractivity contribution in [2.75, 3.05) is 38.1 Å². The number of hydrogen-bond acceptors (Lipinski definition) is 8. The molecule has 0 amide bonds. The lowest BCUT2D eigenvalue weighted by Crippen LogP contribution is -2.44.